The second kappa shape index (κ2) is 7.82. The normalized spacial score (nSPS) is 15.6. The lowest BCUT2D eigenvalue weighted by molar-refractivity contribution is -0.137. The Morgan fingerprint density at radius 3 is 2.68 bits per heavy atom. The molecule has 0 bridgehead atoms. The Kier molecular flexibility index (Phi) is 4.99. The van der Waals surface area contributed by atoms with Crippen molar-refractivity contribution < 1.29 is 17.9 Å². The van der Waals surface area contributed by atoms with Gasteiger partial charge in [0.25, 0.3) is 0 Å². The van der Waals surface area contributed by atoms with Crippen molar-refractivity contribution in [2.24, 2.45) is 0 Å². The van der Waals surface area contributed by atoms with Gasteiger partial charge in [-0.3, -0.25) is 14.4 Å². The molecule has 0 aliphatic carbocycles. The van der Waals surface area contributed by atoms with Crippen molar-refractivity contribution in [2.75, 3.05) is 26.3 Å². The molecule has 0 amide bonds. The summed E-state index contributed by atoms with van der Waals surface area (Å²) in [5.74, 6) is 0.671. The molecule has 4 aromatic rings. The number of morpholine rings is 1. The highest BCUT2D eigenvalue weighted by molar-refractivity contribution is 5.69. The maximum Gasteiger partial charge on any atom is 0.416 e. The molecule has 160 valence electrons. The number of H-pyrrole nitrogens is 1. The molecule has 3 aromatic heterocycles. The minimum absolute atomic E-state index is 0.395. The molecule has 1 N–H and O–H groups in total. The Hall–Kier alpha value is -3.17. The van der Waals surface area contributed by atoms with Crippen LogP contribution < -0.4 is 0 Å². The van der Waals surface area contributed by atoms with Crippen molar-refractivity contribution in [1.82, 2.24) is 24.5 Å². The van der Waals surface area contributed by atoms with Gasteiger partial charge in [0.2, 0.25) is 0 Å². The zero-order valence-electron chi connectivity index (χ0n) is 16.6. The summed E-state index contributed by atoms with van der Waals surface area (Å²) in [6.07, 6.45) is -2.48. The zero-order valence-corrected chi connectivity index (χ0v) is 16.6. The number of benzene rings is 1. The molecule has 4 heterocycles. The summed E-state index contributed by atoms with van der Waals surface area (Å²) in [5, 5.41) is 7.18. The van der Waals surface area contributed by atoms with Crippen LogP contribution in [0.15, 0.2) is 54.7 Å². The van der Waals surface area contributed by atoms with Crippen molar-refractivity contribution in [3.63, 3.8) is 0 Å². The van der Waals surface area contributed by atoms with Crippen LogP contribution in [0.2, 0.25) is 0 Å². The van der Waals surface area contributed by atoms with E-state index in [-0.39, 0.29) is 0 Å². The van der Waals surface area contributed by atoms with E-state index < -0.39 is 11.7 Å². The molecule has 1 aliphatic rings. The first-order valence-corrected chi connectivity index (χ1v) is 9.98. The number of alkyl halides is 3. The Morgan fingerprint density at radius 2 is 1.87 bits per heavy atom. The highest BCUT2D eigenvalue weighted by Crippen LogP contribution is 2.32. The van der Waals surface area contributed by atoms with Crippen LogP contribution in [0.1, 0.15) is 11.3 Å². The summed E-state index contributed by atoms with van der Waals surface area (Å²) in [4.78, 5) is 7.14. The summed E-state index contributed by atoms with van der Waals surface area (Å²) in [6, 6.07) is 12.8. The smallest absolute Gasteiger partial charge is 0.379 e. The molecule has 0 atom stereocenters. The Balaban J connectivity index is 1.50. The van der Waals surface area contributed by atoms with E-state index >= 15 is 0 Å². The fraction of sp³-hybridized carbons (Fsp3) is 0.273. The van der Waals surface area contributed by atoms with Gasteiger partial charge in [0.1, 0.15) is 5.69 Å². The molecule has 1 aliphatic heterocycles. The van der Waals surface area contributed by atoms with E-state index in [0.29, 0.717) is 42.5 Å². The maximum atomic E-state index is 13.1. The van der Waals surface area contributed by atoms with Gasteiger partial charge >= 0.3 is 6.18 Å². The van der Waals surface area contributed by atoms with Gasteiger partial charge in [0, 0.05) is 31.4 Å². The average molecular weight is 427 g/mol. The van der Waals surface area contributed by atoms with Crippen LogP contribution in [0.5, 0.6) is 0 Å². The van der Waals surface area contributed by atoms with Crippen molar-refractivity contribution in [2.45, 2.75) is 12.7 Å². The first-order valence-electron chi connectivity index (χ1n) is 9.98. The maximum absolute atomic E-state index is 13.1. The zero-order chi connectivity index (χ0) is 21.4. The van der Waals surface area contributed by atoms with E-state index in [9.17, 15) is 13.2 Å². The summed E-state index contributed by atoms with van der Waals surface area (Å²) in [5.41, 5.74) is 2.69. The van der Waals surface area contributed by atoms with Gasteiger partial charge in [0.05, 0.1) is 35.7 Å². The number of nitrogens with zero attached hydrogens (tertiary/aromatic N) is 4. The van der Waals surface area contributed by atoms with E-state index in [1.807, 2.05) is 28.8 Å². The predicted molar refractivity (Wildman–Crippen MR) is 109 cm³/mol. The number of halogens is 3. The van der Waals surface area contributed by atoms with Crippen molar-refractivity contribution >= 4 is 5.52 Å². The summed E-state index contributed by atoms with van der Waals surface area (Å²) >= 11 is 0. The van der Waals surface area contributed by atoms with Crippen LogP contribution >= 0.6 is 0 Å². The molecular formula is C22H20F3N5O. The number of hydrogen-bond acceptors (Lipinski definition) is 4. The first-order chi connectivity index (χ1) is 15.0. The van der Waals surface area contributed by atoms with Gasteiger partial charge in [-0.1, -0.05) is 18.2 Å². The van der Waals surface area contributed by atoms with Crippen LogP contribution in [0.25, 0.3) is 28.3 Å². The predicted octanol–water partition coefficient (Wildman–Crippen LogP) is 4.24. The van der Waals surface area contributed by atoms with Crippen LogP contribution in [-0.2, 0) is 17.5 Å². The summed E-state index contributed by atoms with van der Waals surface area (Å²) in [7, 11) is 0. The second-order valence-corrected chi connectivity index (χ2v) is 7.47. The Bertz CT molecular complexity index is 1210. The van der Waals surface area contributed by atoms with Crippen molar-refractivity contribution in [3.8, 4) is 22.8 Å². The molecule has 6 nitrogen and oxygen atoms in total. The topological polar surface area (TPSA) is 58.5 Å². The number of imidazole rings is 1. The Morgan fingerprint density at radius 1 is 1.03 bits per heavy atom. The number of aromatic nitrogens is 4. The third kappa shape index (κ3) is 3.94. The van der Waals surface area contributed by atoms with Crippen LogP contribution in [0.4, 0.5) is 13.2 Å². The second-order valence-electron chi connectivity index (χ2n) is 7.47. The number of nitrogens with one attached hydrogen (secondary N) is 1. The molecule has 0 saturated carbocycles. The minimum atomic E-state index is -4.40. The van der Waals surface area contributed by atoms with Gasteiger partial charge in [0.15, 0.2) is 5.82 Å². The molecule has 1 fully saturated rings. The average Bonchev–Trinajstić information content (AvgIpc) is 3.40. The minimum Gasteiger partial charge on any atom is -0.379 e. The fourth-order valence-corrected chi connectivity index (χ4v) is 3.82. The summed E-state index contributed by atoms with van der Waals surface area (Å²) in [6.45, 7) is 3.82. The molecular weight excluding hydrogens is 407 g/mol. The van der Waals surface area contributed by atoms with E-state index in [0.717, 1.165) is 36.4 Å². The van der Waals surface area contributed by atoms with Gasteiger partial charge in [-0.2, -0.15) is 18.3 Å². The largest absolute Gasteiger partial charge is 0.416 e. The van der Waals surface area contributed by atoms with E-state index in [2.05, 4.69) is 15.1 Å². The third-order valence-electron chi connectivity index (χ3n) is 5.41. The van der Waals surface area contributed by atoms with Gasteiger partial charge < -0.3 is 4.74 Å². The Labute approximate surface area is 176 Å². The molecule has 1 saturated heterocycles. The number of rotatable bonds is 4. The molecule has 0 spiro atoms. The highest BCUT2D eigenvalue weighted by Gasteiger charge is 2.30. The van der Waals surface area contributed by atoms with E-state index in [1.165, 1.54) is 6.07 Å². The lowest BCUT2D eigenvalue weighted by atomic mass is 10.1. The number of pyridine rings is 1. The summed E-state index contributed by atoms with van der Waals surface area (Å²) < 4.78 is 46.6. The van der Waals surface area contributed by atoms with Crippen LogP contribution in [0, 0.1) is 0 Å². The SMILES string of the molecule is FC(F)(F)c1cccc(-c2cc(-c3nc(CN4CCOCC4)c4ccccn34)[nH]n2)c1. The standard InChI is InChI=1S/C22H20F3N5O/c23-22(24,25)16-5-3-4-15(12-16)17-13-18(28-27-17)21-26-19(14-29-8-10-31-11-9-29)20-6-1-2-7-30(20)21/h1-7,12-13H,8-11,14H2,(H,27,28). The molecule has 5 rings (SSSR count). The molecule has 9 heteroatoms. The number of hydrogen-bond donors (Lipinski definition) is 1. The monoisotopic (exact) mass is 427 g/mol. The lowest BCUT2D eigenvalue weighted by Crippen LogP contribution is -2.35. The van der Waals surface area contributed by atoms with Gasteiger partial charge in [-0.25, -0.2) is 4.98 Å². The van der Waals surface area contributed by atoms with Crippen LogP contribution in [-0.4, -0.2) is 50.8 Å². The highest BCUT2D eigenvalue weighted by atomic mass is 19.4. The number of fused-ring (bicyclic) bond motifs is 1. The van der Waals surface area contributed by atoms with Gasteiger partial charge in [-0.05, 0) is 30.3 Å². The van der Waals surface area contributed by atoms with Gasteiger partial charge in [-0.15, -0.1) is 0 Å². The van der Waals surface area contributed by atoms with Crippen molar-refractivity contribution in [3.05, 3.63) is 66.0 Å². The van der Waals surface area contributed by atoms with Crippen molar-refractivity contribution in [1.29, 1.82) is 0 Å². The lowest BCUT2D eigenvalue weighted by Gasteiger charge is -2.25. The van der Waals surface area contributed by atoms with E-state index in [1.54, 1.807) is 12.1 Å². The van der Waals surface area contributed by atoms with Crippen LogP contribution in [0.3, 0.4) is 0 Å². The fourth-order valence-electron chi connectivity index (χ4n) is 3.82. The third-order valence-corrected chi connectivity index (χ3v) is 5.41. The quantitative estimate of drug-likeness (QED) is 0.529. The molecule has 1 aromatic carbocycles. The number of ether oxygens (including phenoxy) is 1. The molecule has 0 unspecified atom stereocenters. The molecule has 31 heavy (non-hydrogen) atoms. The number of aromatic amines is 1. The molecule has 0 radical (unpaired) electrons. The first kappa shape index (κ1) is 19.8. The van der Waals surface area contributed by atoms with E-state index in [4.69, 9.17) is 9.72 Å².